The van der Waals surface area contributed by atoms with Crippen LogP contribution in [-0.4, -0.2) is 21.9 Å². The van der Waals surface area contributed by atoms with Crippen LogP contribution in [0.15, 0.2) is 36.7 Å². The molecule has 1 aromatic heterocycles. The number of benzene rings is 1. The summed E-state index contributed by atoms with van der Waals surface area (Å²) in [5.74, 6) is 0.477. The fraction of sp³-hybridized carbons (Fsp3) is 0.214. The van der Waals surface area contributed by atoms with Crippen LogP contribution >= 0.6 is 11.6 Å². The van der Waals surface area contributed by atoms with Crippen LogP contribution in [0.25, 0.3) is 11.4 Å². The first-order valence-electron chi connectivity index (χ1n) is 6.11. The van der Waals surface area contributed by atoms with Crippen molar-refractivity contribution in [1.29, 1.82) is 0 Å². The number of halogens is 1. The minimum absolute atomic E-state index is 0.106. The number of hydrogen-bond acceptors (Lipinski definition) is 3. The van der Waals surface area contributed by atoms with Crippen LogP contribution in [0.5, 0.6) is 0 Å². The lowest BCUT2D eigenvalue weighted by Gasteiger charge is -2.04. The molecular formula is C14H12ClN3O. The summed E-state index contributed by atoms with van der Waals surface area (Å²) in [5, 5.41) is 3.57. The summed E-state index contributed by atoms with van der Waals surface area (Å²) in [7, 11) is 0. The summed E-state index contributed by atoms with van der Waals surface area (Å²) in [6, 6.07) is 7.61. The third-order valence-electron chi connectivity index (χ3n) is 2.93. The second-order valence-corrected chi connectivity index (χ2v) is 4.99. The molecule has 0 spiro atoms. The highest BCUT2D eigenvalue weighted by Gasteiger charge is 2.23. The molecule has 0 aliphatic heterocycles. The maximum absolute atomic E-state index is 11.8. The predicted octanol–water partition coefficient (Wildman–Crippen LogP) is 2.69. The zero-order valence-corrected chi connectivity index (χ0v) is 10.9. The SMILES string of the molecule is O=C(NC1CC1)c1cnc(-c2ccc(Cl)cc2)nc1. The molecule has 1 N–H and O–H groups in total. The van der Waals surface area contributed by atoms with Gasteiger partial charge >= 0.3 is 0 Å². The van der Waals surface area contributed by atoms with Gasteiger partial charge in [0.15, 0.2) is 5.82 Å². The van der Waals surface area contributed by atoms with Gasteiger partial charge in [0.05, 0.1) is 5.56 Å². The van der Waals surface area contributed by atoms with Gasteiger partial charge in [0.25, 0.3) is 5.91 Å². The molecule has 0 saturated heterocycles. The minimum atomic E-state index is -0.106. The molecule has 0 radical (unpaired) electrons. The van der Waals surface area contributed by atoms with Crippen LogP contribution < -0.4 is 5.32 Å². The van der Waals surface area contributed by atoms with E-state index in [0.29, 0.717) is 22.5 Å². The molecule has 1 heterocycles. The third-order valence-corrected chi connectivity index (χ3v) is 3.18. The van der Waals surface area contributed by atoms with E-state index in [4.69, 9.17) is 11.6 Å². The fourth-order valence-electron chi connectivity index (χ4n) is 1.69. The molecular weight excluding hydrogens is 262 g/mol. The molecule has 0 atom stereocenters. The van der Waals surface area contributed by atoms with Crippen LogP contribution in [0.1, 0.15) is 23.2 Å². The molecule has 1 saturated carbocycles. The molecule has 0 bridgehead atoms. The number of hydrogen-bond donors (Lipinski definition) is 1. The number of nitrogens with one attached hydrogen (secondary N) is 1. The van der Waals surface area contributed by atoms with E-state index in [-0.39, 0.29) is 5.91 Å². The highest BCUT2D eigenvalue weighted by Crippen LogP contribution is 2.20. The number of aromatic nitrogens is 2. The van der Waals surface area contributed by atoms with Gasteiger partial charge in [-0.05, 0) is 37.1 Å². The van der Waals surface area contributed by atoms with Crippen molar-refractivity contribution in [3.8, 4) is 11.4 Å². The van der Waals surface area contributed by atoms with Crippen molar-refractivity contribution in [1.82, 2.24) is 15.3 Å². The molecule has 4 nitrogen and oxygen atoms in total. The molecule has 2 aromatic rings. The van der Waals surface area contributed by atoms with Gasteiger partial charge < -0.3 is 5.32 Å². The van der Waals surface area contributed by atoms with E-state index in [0.717, 1.165) is 18.4 Å². The Kier molecular flexibility index (Phi) is 3.17. The van der Waals surface area contributed by atoms with Gasteiger partial charge in [0, 0.05) is 29.0 Å². The molecule has 19 heavy (non-hydrogen) atoms. The van der Waals surface area contributed by atoms with Crippen LogP contribution in [0.2, 0.25) is 5.02 Å². The third kappa shape index (κ3) is 2.90. The number of carbonyl (C=O) groups is 1. The lowest BCUT2D eigenvalue weighted by atomic mass is 10.2. The lowest BCUT2D eigenvalue weighted by molar-refractivity contribution is 0.0950. The van der Waals surface area contributed by atoms with Crippen molar-refractivity contribution in [3.63, 3.8) is 0 Å². The largest absolute Gasteiger partial charge is 0.349 e. The van der Waals surface area contributed by atoms with E-state index in [1.807, 2.05) is 12.1 Å². The molecule has 3 rings (SSSR count). The standard InChI is InChI=1S/C14H12ClN3O/c15-11-3-1-9(2-4-11)13-16-7-10(8-17-13)14(19)18-12-5-6-12/h1-4,7-8,12H,5-6H2,(H,18,19). The van der Waals surface area contributed by atoms with Crippen molar-refractivity contribution in [3.05, 3.63) is 47.2 Å². The molecule has 96 valence electrons. The second-order valence-electron chi connectivity index (χ2n) is 4.55. The topological polar surface area (TPSA) is 54.9 Å². The van der Waals surface area contributed by atoms with Gasteiger partial charge in [-0.3, -0.25) is 4.79 Å². The summed E-state index contributed by atoms with van der Waals surface area (Å²) in [6.45, 7) is 0. The lowest BCUT2D eigenvalue weighted by Crippen LogP contribution is -2.25. The van der Waals surface area contributed by atoms with E-state index in [1.165, 1.54) is 0 Å². The molecule has 0 unspecified atom stereocenters. The highest BCUT2D eigenvalue weighted by atomic mass is 35.5. The summed E-state index contributed by atoms with van der Waals surface area (Å²) >= 11 is 5.83. The van der Waals surface area contributed by atoms with Crippen LogP contribution in [-0.2, 0) is 0 Å². The Morgan fingerprint density at radius 2 is 1.79 bits per heavy atom. The van der Waals surface area contributed by atoms with Crippen LogP contribution in [0.3, 0.4) is 0 Å². The smallest absolute Gasteiger partial charge is 0.254 e. The molecule has 1 fully saturated rings. The van der Waals surface area contributed by atoms with Crippen molar-refractivity contribution < 1.29 is 4.79 Å². The summed E-state index contributed by atoms with van der Waals surface area (Å²) in [5.41, 5.74) is 1.36. The maximum Gasteiger partial charge on any atom is 0.254 e. The van der Waals surface area contributed by atoms with Gasteiger partial charge in [0.1, 0.15) is 0 Å². The van der Waals surface area contributed by atoms with Crippen molar-refractivity contribution in [2.75, 3.05) is 0 Å². The Morgan fingerprint density at radius 1 is 1.16 bits per heavy atom. The Morgan fingerprint density at radius 3 is 2.37 bits per heavy atom. The average molecular weight is 274 g/mol. The Labute approximate surface area is 115 Å². The van der Waals surface area contributed by atoms with Gasteiger partial charge in [0.2, 0.25) is 0 Å². The number of nitrogens with zero attached hydrogens (tertiary/aromatic N) is 2. The zero-order valence-electron chi connectivity index (χ0n) is 10.1. The second kappa shape index (κ2) is 4.97. The summed E-state index contributed by atoms with van der Waals surface area (Å²) in [4.78, 5) is 20.2. The maximum atomic E-state index is 11.8. The molecule has 1 amide bonds. The molecule has 1 aliphatic rings. The Balaban J connectivity index is 1.77. The van der Waals surface area contributed by atoms with Gasteiger partial charge in [-0.15, -0.1) is 0 Å². The van der Waals surface area contributed by atoms with E-state index in [2.05, 4.69) is 15.3 Å². The quantitative estimate of drug-likeness (QED) is 0.935. The fourth-order valence-corrected chi connectivity index (χ4v) is 1.82. The molecule has 1 aromatic carbocycles. The van der Waals surface area contributed by atoms with Gasteiger partial charge in [-0.25, -0.2) is 9.97 Å². The van der Waals surface area contributed by atoms with E-state index in [9.17, 15) is 4.79 Å². The average Bonchev–Trinajstić information content (AvgIpc) is 3.24. The Hall–Kier alpha value is -1.94. The monoisotopic (exact) mass is 273 g/mol. The van der Waals surface area contributed by atoms with Crippen LogP contribution in [0.4, 0.5) is 0 Å². The van der Waals surface area contributed by atoms with Gasteiger partial charge in [-0.2, -0.15) is 0 Å². The van der Waals surface area contributed by atoms with E-state index < -0.39 is 0 Å². The van der Waals surface area contributed by atoms with Crippen LogP contribution in [0, 0.1) is 0 Å². The first-order valence-corrected chi connectivity index (χ1v) is 6.49. The first-order chi connectivity index (χ1) is 9.22. The molecule has 1 aliphatic carbocycles. The van der Waals surface area contributed by atoms with Crippen molar-refractivity contribution >= 4 is 17.5 Å². The molecule has 5 heteroatoms. The first kappa shape index (κ1) is 12.1. The normalized spacial score (nSPS) is 14.2. The number of carbonyl (C=O) groups excluding carboxylic acids is 1. The van der Waals surface area contributed by atoms with E-state index in [1.54, 1.807) is 24.5 Å². The number of amides is 1. The highest BCUT2D eigenvalue weighted by molar-refractivity contribution is 6.30. The van der Waals surface area contributed by atoms with Gasteiger partial charge in [-0.1, -0.05) is 11.6 Å². The number of rotatable bonds is 3. The summed E-state index contributed by atoms with van der Waals surface area (Å²) < 4.78 is 0. The minimum Gasteiger partial charge on any atom is -0.349 e. The summed E-state index contributed by atoms with van der Waals surface area (Å²) in [6.07, 6.45) is 5.23. The van der Waals surface area contributed by atoms with Crippen molar-refractivity contribution in [2.45, 2.75) is 18.9 Å². The zero-order chi connectivity index (χ0) is 13.2. The predicted molar refractivity (Wildman–Crippen MR) is 73.0 cm³/mol. The Bertz CT molecular complexity index is 591. The van der Waals surface area contributed by atoms with Crippen molar-refractivity contribution in [2.24, 2.45) is 0 Å². The van der Waals surface area contributed by atoms with E-state index >= 15 is 0 Å².